The van der Waals surface area contributed by atoms with Crippen molar-refractivity contribution >= 4 is 0 Å². The highest BCUT2D eigenvalue weighted by atomic mass is 16.2. The first-order valence-electron chi connectivity index (χ1n) is 4.89. The van der Waals surface area contributed by atoms with Crippen LogP contribution in [0, 0.1) is 11.8 Å². The minimum Gasteiger partial charge on any atom is -0.237 e. The van der Waals surface area contributed by atoms with Crippen molar-refractivity contribution in [2.45, 2.75) is 51.9 Å². The quantitative estimate of drug-likeness (QED) is 0.410. The lowest BCUT2D eigenvalue weighted by Crippen LogP contribution is -1.82. The van der Waals surface area contributed by atoms with Gasteiger partial charge in [0, 0.05) is 6.42 Å². The minimum absolute atomic E-state index is 0.0985. The summed E-state index contributed by atoms with van der Waals surface area (Å²) in [6.45, 7) is 1.98. The lowest BCUT2D eigenvalue weighted by atomic mass is 10.1. The summed E-state index contributed by atoms with van der Waals surface area (Å²) in [5, 5.41) is 10.1. The predicted octanol–water partition coefficient (Wildman–Crippen LogP) is 3.17. The lowest BCUT2D eigenvalue weighted by Gasteiger charge is -1.97. The van der Waals surface area contributed by atoms with Gasteiger partial charge < -0.3 is 0 Å². The normalized spacial score (nSPS) is 9.17. The van der Waals surface area contributed by atoms with Crippen molar-refractivity contribution in [1.29, 1.82) is 0 Å². The zero-order valence-corrected chi connectivity index (χ0v) is 8.07. The predicted molar refractivity (Wildman–Crippen MR) is 51.3 cm³/mol. The first kappa shape index (κ1) is 11.5. The molecule has 0 unspecified atom stereocenters. The Kier molecular flexibility index (Phi) is 10.1. The maximum atomic E-state index is 10.1. The molecule has 12 heavy (non-hydrogen) atoms. The van der Waals surface area contributed by atoms with Crippen LogP contribution in [-0.2, 0) is 5.11 Å². The molecule has 0 heterocycles. The molecule has 0 aromatic heterocycles. The zero-order chi connectivity index (χ0) is 9.07. The van der Waals surface area contributed by atoms with E-state index in [0.29, 0.717) is 0 Å². The highest BCUT2D eigenvalue weighted by Gasteiger charge is 1.89. The number of rotatable bonds is 7. The standard InChI is InChI=1S/C11H19O/c1-2-3-4-5-6-7-8-9-10-11-12/h4-11H2,1H3. The van der Waals surface area contributed by atoms with Gasteiger partial charge in [-0.1, -0.05) is 25.7 Å². The number of unbranched alkanes of at least 4 members (excludes halogenated alkanes) is 6. The van der Waals surface area contributed by atoms with Gasteiger partial charge in [-0.25, -0.2) is 5.11 Å². The summed E-state index contributed by atoms with van der Waals surface area (Å²) in [5.74, 6) is 5.94. The van der Waals surface area contributed by atoms with E-state index in [9.17, 15) is 5.11 Å². The first-order valence-corrected chi connectivity index (χ1v) is 4.89. The molecule has 1 heteroatoms. The smallest absolute Gasteiger partial charge is 0.0822 e. The summed E-state index contributed by atoms with van der Waals surface area (Å²) in [7, 11) is 0. The lowest BCUT2D eigenvalue weighted by molar-refractivity contribution is 0.186. The molecule has 0 aromatic rings. The van der Waals surface area contributed by atoms with Crippen molar-refractivity contribution in [1.82, 2.24) is 0 Å². The van der Waals surface area contributed by atoms with Gasteiger partial charge in [0.2, 0.25) is 0 Å². The minimum atomic E-state index is 0.0985. The van der Waals surface area contributed by atoms with E-state index in [2.05, 4.69) is 11.8 Å². The topological polar surface area (TPSA) is 19.9 Å². The van der Waals surface area contributed by atoms with Crippen LogP contribution in [0.2, 0.25) is 0 Å². The van der Waals surface area contributed by atoms with E-state index in [-0.39, 0.29) is 6.61 Å². The molecule has 0 bridgehead atoms. The van der Waals surface area contributed by atoms with Gasteiger partial charge in [0.05, 0.1) is 6.61 Å². The van der Waals surface area contributed by atoms with Crippen LogP contribution in [0.5, 0.6) is 0 Å². The second-order valence-electron chi connectivity index (χ2n) is 3.00. The van der Waals surface area contributed by atoms with E-state index in [4.69, 9.17) is 0 Å². The SMILES string of the molecule is CC#CCCCCCCCC[O]. The van der Waals surface area contributed by atoms with E-state index in [1.807, 2.05) is 6.92 Å². The number of hydrogen-bond donors (Lipinski definition) is 0. The molecule has 1 radical (unpaired) electrons. The summed E-state index contributed by atoms with van der Waals surface area (Å²) in [6, 6.07) is 0. The zero-order valence-electron chi connectivity index (χ0n) is 8.07. The molecule has 0 atom stereocenters. The van der Waals surface area contributed by atoms with Gasteiger partial charge in [-0.3, -0.25) is 0 Å². The first-order chi connectivity index (χ1) is 5.91. The number of hydrogen-bond acceptors (Lipinski definition) is 0. The van der Waals surface area contributed by atoms with E-state index >= 15 is 0 Å². The van der Waals surface area contributed by atoms with Crippen molar-refractivity contribution in [3.8, 4) is 11.8 Å². The van der Waals surface area contributed by atoms with Crippen LogP contribution >= 0.6 is 0 Å². The summed E-state index contributed by atoms with van der Waals surface area (Å²) < 4.78 is 0. The van der Waals surface area contributed by atoms with Crippen LogP contribution in [0.3, 0.4) is 0 Å². The van der Waals surface area contributed by atoms with Gasteiger partial charge in [0.25, 0.3) is 0 Å². The van der Waals surface area contributed by atoms with Gasteiger partial charge in [0.1, 0.15) is 0 Å². The summed E-state index contributed by atoms with van der Waals surface area (Å²) in [6.07, 6.45) is 7.99. The fourth-order valence-electron chi connectivity index (χ4n) is 1.15. The molecule has 0 spiro atoms. The van der Waals surface area contributed by atoms with Crippen LogP contribution in [0.4, 0.5) is 0 Å². The third-order valence-electron chi connectivity index (χ3n) is 1.87. The van der Waals surface area contributed by atoms with Gasteiger partial charge in [-0.05, 0) is 19.8 Å². The maximum absolute atomic E-state index is 10.1. The summed E-state index contributed by atoms with van der Waals surface area (Å²) >= 11 is 0. The Morgan fingerprint density at radius 1 is 0.917 bits per heavy atom. The molecule has 0 aliphatic rings. The molecule has 69 valence electrons. The van der Waals surface area contributed by atoms with Gasteiger partial charge in [-0.2, -0.15) is 0 Å². The molecule has 0 fully saturated rings. The highest BCUT2D eigenvalue weighted by molar-refractivity contribution is 4.94. The maximum Gasteiger partial charge on any atom is 0.0822 e. The van der Waals surface area contributed by atoms with E-state index in [0.717, 1.165) is 19.3 Å². The average molecular weight is 167 g/mol. The molecule has 0 N–H and O–H groups in total. The fraction of sp³-hybridized carbons (Fsp3) is 0.818. The Hall–Kier alpha value is -0.480. The van der Waals surface area contributed by atoms with E-state index in [1.54, 1.807) is 0 Å². The van der Waals surface area contributed by atoms with Crippen molar-refractivity contribution in [3.63, 3.8) is 0 Å². The molecule has 0 aliphatic carbocycles. The van der Waals surface area contributed by atoms with Crippen molar-refractivity contribution in [3.05, 3.63) is 0 Å². The van der Waals surface area contributed by atoms with Crippen molar-refractivity contribution in [2.24, 2.45) is 0 Å². The van der Waals surface area contributed by atoms with Crippen LogP contribution in [0.15, 0.2) is 0 Å². The van der Waals surface area contributed by atoms with Crippen molar-refractivity contribution < 1.29 is 5.11 Å². The molecule has 1 nitrogen and oxygen atoms in total. The molecular formula is C11H19O. The van der Waals surface area contributed by atoms with Gasteiger partial charge in [0.15, 0.2) is 0 Å². The second-order valence-corrected chi connectivity index (χ2v) is 3.00. The van der Waals surface area contributed by atoms with E-state index in [1.165, 1.54) is 25.7 Å². The van der Waals surface area contributed by atoms with Crippen LogP contribution in [0.1, 0.15) is 51.9 Å². The Morgan fingerprint density at radius 3 is 2.08 bits per heavy atom. The molecular weight excluding hydrogens is 148 g/mol. The van der Waals surface area contributed by atoms with Crippen LogP contribution < -0.4 is 0 Å². The summed E-state index contributed by atoms with van der Waals surface area (Å²) in [5.41, 5.74) is 0. The van der Waals surface area contributed by atoms with Crippen LogP contribution in [0.25, 0.3) is 0 Å². The molecule has 0 aromatic carbocycles. The molecule has 0 saturated heterocycles. The van der Waals surface area contributed by atoms with Gasteiger partial charge in [-0.15, -0.1) is 11.8 Å². The molecule has 0 saturated carbocycles. The summed E-state index contributed by atoms with van der Waals surface area (Å²) in [4.78, 5) is 0. The molecule has 0 aliphatic heterocycles. The van der Waals surface area contributed by atoms with E-state index < -0.39 is 0 Å². The second kappa shape index (κ2) is 10.5. The Bertz CT molecular complexity index is 130. The Labute approximate surface area is 76.2 Å². The Morgan fingerprint density at radius 2 is 1.50 bits per heavy atom. The Balaban J connectivity index is 2.84. The van der Waals surface area contributed by atoms with Crippen molar-refractivity contribution in [2.75, 3.05) is 6.61 Å². The largest absolute Gasteiger partial charge is 0.237 e. The third-order valence-corrected chi connectivity index (χ3v) is 1.87. The monoisotopic (exact) mass is 167 g/mol. The highest BCUT2D eigenvalue weighted by Crippen LogP contribution is 2.06. The molecule has 0 amide bonds. The molecule has 0 rings (SSSR count). The third kappa shape index (κ3) is 9.52. The van der Waals surface area contributed by atoms with Gasteiger partial charge >= 0.3 is 0 Å². The average Bonchev–Trinajstić information content (AvgIpc) is 2.10. The fourth-order valence-corrected chi connectivity index (χ4v) is 1.15. The van der Waals surface area contributed by atoms with Crippen LogP contribution in [-0.4, -0.2) is 6.61 Å².